The van der Waals surface area contributed by atoms with Gasteiger partial charge in [-0.2, -0.15) is 0 Å². The number of carbonyl (C=O) groups is 1. The van der Waals surface area contributed by atoms with Crippen molar-refractivity contribution in [1.29, 1.82) is 0 Å². The normalized spacial score (nSPS) is 16.8. The zero-order valence-corrected chi connectivity index (χ0v) is 10.9. The molecular weight excluding hydrogens is 248 g/mol. The average Bonchev–Trinajstić information content (AvgIpc) is 2.88. The third-order valence-electron chi connectivity index (χ3n) is 3.19. The van der Waals surface area contributed by atoms with E-state index in [1.54, 1.807) is 15.8 Å². The summed E-state index contributed by atoms with van der Waals surface area (Å²) in [6.07, 6.45) is 1.63. The Kier molecular flexibility index (Phi) is 4.83. The van der Waals surface area contributed by atoms with Crippen molar-refractivity contribution in [2.75, 3.05) is 45.9 Å². The molecule has 0 spiro atoms. The highest BCUT2D eigenvalue weighted by atomic mass is 16.3. The van der Waals surface area contributed by atoms with Crippen LogP contribution in [0.1, 0.15) is 10.5 Å². The van der Waals surface area contributed by atoms with Crippen molar-refractivity contribution in [3.8, 4) is 0 Å². The minimum atomic E-state index is -0.0908. The fraction of sp³-hybridized carbons (Fsp3) is 0.727. The highest BCUT2D eigenvalue weighted by Gasteiger charge is 2.23. The third kappa shape index (κ3) is 3.49. The molecule has 1 amide bonds. The van der Waals surface area contributed by atoms with Crippen LogP contribution in [0.15, 0.2) is 6.20 Å². The standard InChI is InChI=1S/C11H20N6O2/c12-1-2-17-9-10(13-14-17)11(19)16-5-3-15(4-6-16)7-8-18/h9,18H,1-8,12H2. The van der Waals surface area contributed by atoms with Crippen LogP contribution in [0.5, 0.6) is 0 Å². The van der Waals surface area contributed by atoms with Gasteiger partial charge in [0.1, 0.15) is 0 Å². The first-order chi connectivity index (χ1) is 9.24. The smallest absolute Gasteiger partial charge is 0.276 e. The number of β-amino-alcohol motifs (C(OH)–C–C–N with tert-alkyl or cyclic N) is 1. The molecule has 1 aromatic rings. The Labute approximate surface area is 111 Å². The van der Waals surface area contributed by atoms with Gasteiger partial charge in [0.05, 0.1) is 19.3 Å². The Balaban J connectivity index is 1.89. The maximum absolute atomic E-state index is 12.2. The number of nitrogens with two attached hydrogens (primary N) is 1. The van der Waals surface area contributed by atoms with Crippen molar-refractivity contribution in [2.24, 2.45) is 5.73 Å². The van der Waals surface area contributed by atoms with Gasteiger partial charge in [0.25, 0.3) is 5.91 Å². The SMILES string of the molecule is NCCn1cc(C(=O)N2CCN(CCO)CC2)nn1. The fourth-order valence-electron chi connectivity index (χ4n) is 2.12. The summed E-state index contributed by atoms with van der Waals surface area (Å²) in [4.78, 5) is 16.1. The summed E-state index contributed by atoms with van der Waals surface area (Å²) in [7, 11) is 0. The van der Waals surface area contributed by atoms with E-state index in [1.807, 2.05) is 0 Å². The predicted molar refractivity (Wildman–Crippen MR) is 68.5 cm³/mol. The number of amides is 1. The van der Waals surface area contributed by atoms with E-state index in [0.29, 0.717) is 38.4 Å². The van der Waals surface area contributed by atoms with Gasteiger partial charge < -0.3 is 15.7 Å². The first-order valence-electron chi connectivity index (χ1n) is 6.47. The number of piperazine rings is 1. The lowest BCUT2D eigenvalue weighted by Crippen LogP contribution is -2.49. The first kappa shape index (κ1) is 13.9. The van der Waals surface area contributed by atoms with Gasteiger partial charge >= 0.3 is 0 Å². The van der Waals surface area contributed by atoms with Crippen molar-refractivity contribution < 1.29 is 9.90 Å². The lowest BCUT2D eigenvalue weighted by atomic mass is 10.3. The molecule has 1 saturated heterocycles. The number of nitrogens with zero attached hydrogens (tertiary/aromatic N) is 5. The van der Waals surface area contributed by atoms with Crippen LogP contribution in [-0.2, 0) is 6.54 Å². The second kappa shape index (κ2) is 6.60. The highest BCUT2D eigenvalue weighted by Crippen LogP contribution is 2.06. The molecule has 0 radical (unpaired) electrons. The zero-order valence-electron chi connectivity index (χ0n) is 10.9. The predicted octanol–water partition coefficient (Wildman–Crippen LogP) is -2.01. The Bertz CT molecular complexity index is 413. The van der Waals surface area contributed by atoms with Gasteiger partial charge in [-0.15, -0.1) is 5.10 Å². The van der Waals surface area contributed by atoms with Crippen LogP contribution in [0.4, 0.5) is 0 Å². The second-order valence-corrected chi connectivity index (χ2v) is 4.51. The minimum Gasteiger partial charge on any atom is -0.395 e. The van der Waals surface area contributed by atoms with Gasteiger partial charge in [-0.1, -0.05) is 5.21 Å². The minimum absolute atomic E-state index is 0.0908. The number of aliphatic hydroxyl groups excluding tert-OH is 1. The lowest BCUT2D eigenvalue weighted by molar-refractivity contribution is 0.0609. The van der Waals surface area contributed by atoms with E-state index in [1.165, 1.54) is 0 Å². The third-order valence-corrected chi connectivity index (χ3v) is 3.19. The lowest BCUT2D eigenvalue weighted by Gasteiger charge is -2.33. The largest absolute Gasteiger partial charge is 0.395 e. The molecule has 2 rings (SSSR count). The molecular formula is C11H20N6O2. The first-order valence-corrected chi connectivity index (χ1v) is 6.47. The van der Waals surface area contributed by atoms with Gasteiger partial charge in [-0.3, -0.25) is 14.4 Å². The number of rotatable bonds is 5. The van der Waals surface area contributed by atoms with E-state index in [9.17, 15) is 4.79 Å². The molecule has 2 heterocycles. The van der Waals surface area contributed by atoms with E-state index < -0.39 is 0 Å². The topological polar surface area (TPSA) is 101 Å². The van der Waals surface area contributed by atoms with Crippen LogP contribution in [-0.4, -0.2) is 81.7 Å². The van der Waals surface area contributed by atoms with Crippen LogP contribution in [0.3, 0.4) is 0 Å². The number of carbonyl (C=O) groups excluding carboxylic acids is 1. The van der Waals surface area contributed by atoms with Crippen LogP contribution in [0.2, 0.25) is 0 Å². The molecule has 106 valence electrons. The quantitative estimate of drug-likeness (QED) is 0.640. The summed E-state index contributed by atoms with van der Waals surface area (Å²) < 4.78 is 1.58. The molecule has 8 nitrogen and oxygen atoms in total. The molecule has 0 unspecified atom stereocenters. The van der Waals surface area contributed by atoms with Crippen molar-refractivity contribution in [2.45, 2.75) is 6.54 Å². The van der Waals surface area contributed by atoms with Crippen molar-refractivity contribution in [3.05, 3.63) is 11.9 Å². The molecule has 0 aliphatic carbocycles. The molecule has 0 atom stereocenters. The number of hydrogen-bond donors (Lipinski definition) is 2. The maximum Gasteiger partial charge on any atom is 0.276 e. The van der Waals surface area contributed by atoms with Crippen LogP contribution in [0.25, 0.3) is 0 Å². The number of aromatic nitrogens is 3. The molecule has 19 heavy (non-hydrogen) atoms. The van der Waals surface area contributed by atoms with Crippen molar-refractivity contribution >= 4 is 5.91 Å². The summed E-state index contributed by atoms with van der Waals surface area (Å²) in [5.74, 6) is -0.0908. The van der Waals surface area contributed by atoms with Gasteiger partial charge in [0.15, 0.2) is 5.69 Å². The van der Waals surface area contributed by atoms with E-state index >= 15 is 0 Å². The molecule has 1 aliphatic rings. The molecule has 1 fully saturated rings. The average molecular weight is 268 g/mol. The van der Waals surface area contributed by atoms with Crippen molar-refractivity contribution in [3.63, 3.8) is 0 Å². The van der Waals surface area contributed by atoms with E-state index in [0.717, 1.165) is 13.1 Å². The van der Waals surface area contributed by atoms with Crippen molar-refractivity contribution in [1.82, 2.24) is 24.8 Å². The summed E-state index contributed by atoms with van der Waals surface area (Å²) >= 11 is 0. The van der Waals surface area contributed by atoms with Crippen LogP contribution < -0.4 is 5.73 Å². The monoisotopic (exact) mass is 268 g/mol. The summed E-state index contributed by atoms with van der Waals surface area (Å²) in [5, 5.41) is 16.6. The van der Waals surface area contributed by atoms with E-state index in [-0.39, 0.29) is 12.5 Å². The van der Waals surface area contributed by atoms with Crippen LogP contribution in [0, 0.1) is 0 Å². The summed E-state index contributed by atoms with van der Waals surface area (Å²) in [6, 6.07) is 0. The highest BCUT2D eigenvalue weighted by molar-refractivity contribution is 5.92. The van der Waals surface area contributed by atoms with Gasteiger partial charge in [-0.05, 0) is 0 Å². The second-order valence-electron chi connectivity index (χ2n) is 4.51. The molecule has 0 bridgehead atoms. The zero-order chi connectivity index (χ0) is 13.7. The fourth-order valence-corrected chi connectivity index (χ4v) is 2.12. The molecule has 1 aromatic heterocycles. The van der Waals surface area contributed by atoms with Crippen LogP contribution >= 0.6 is 0 Å². The van der Waals surface area contributed by atoms with E-state index in [4.69, 9.17) is 10.8 Å². The Hall–Kier alpha value is -1.51. The van der Waals surface area contributed by atoms with Gasteiger partial charge in [-0.25, -0.2) is 0 Å². The summed E-state index contributed by atoms with van der Waals surface area (Å²) in [6.45, 7) is 4.72. The summed E-state index contributed by atoms with van der Waals surface area (Å²) in [5.41, 5.74) is 5.79. The molecule has 3 N–H and O–H groups in total. The molecule has 1 aliphatic heterocycles. The Morgan fingerprint density at radius 3 is 2.68 bits per heavy atom. The Morgan fingerprint density at radius 2 is 2.05 bits per heavy atom. The van der Waals surface area contributed by atoms with E-state index in [2.05, 4.69) is 15.2 Å². The number of aliphatic hydroxyl groups is 1. The van der Waals surface area contributed by atoms with Gasteiger partial charge in [0.2, 0.25) is 0 Å². The Morgan fingerprint density at radius 1 is 1.32 bits per heavy atom. The van der Waals surface area contributed by atoms with Gasteiger partial charge in [0, 0.05) is 39.3 Å². The molecule has 0 saturated carbocycles. The molecule has 8 heteroatoms. The number of hydrogen-bond acceptors (Lipinski definition) is 6. The molecule has 0 aromatic carbocycles. The maximum atomic E-state index is 12.2.